The molecule has 3 rings (SSSR count). The van der Waals surface area contributed by atoms with Crippen molar-refractivity contribution >= 4 is 22.7 Å². The van der Waals surface area contributed by atoms with Gasteiger partial charge in [0.05, 0.1) is 11.2 Å². The molecule has 0 fully saturated rings. The average molecular weight is 330 g/mol. The van der Waals surface area contributed by atoms with Crippen LogP contribution in [0, 0.1) is 0 Å². The largest absolute Gasteiger partial charge is 0.386 e. The van der Waals surface area contributed by atoms with Crippen LogP contribution in [0.15, 0.2) is 58.7 Å². The summed E-state index contributed by atoms with van der Waals surface area (Å²) in [5.74, 6) is 0. The lowest BCUT2D eigenvalue weighted by Gasteiger charge is -2.24. The van der Waals surface area contributed by atoms with Crippen molar-refractivity contribution in [2.24, 2.45) is 0 Å². The second-order valence-electron chi connectivity index (χ2n) is 5.17. The number of thiazole rings is 1. The molecule has 0 aliphatic carbocycles. The molecule has 22 heavy (non-hydrogen) atoms. The monoisotopic (exact) mass is 330 g/mol. The van der Waals surface area contributed by atoms with Crippen molar-refractivity contribution in [1.82, 2.24) is 9.88 Å². The number of rotatable bonds is 7. The number of benzene rings is 1. The molecular weight excluding hydrogens is 312 g/mol. The summed E-state index contributed by atoms with van der Waals surface area (Å²) in [5.41, 5.74) is 4.15. The maximum absolute atomic E-state index is 10.4. The molecule has 3 aromatic rings. The lowest BCUT2D eigenvalue weighted by molar-refractivity contribution is 0.107. The Labute approximate surface area is 138 Å². The first-order valence-corrected chi connectivity index (χ1v) is 8.98. The van der Waals surface area contributed by atoms with E-state index >= 15 is 0 Å². The van der Waals surface area contributed by atoms with Gasteiger partial charge in [-0.1, -0.05) is 36.4 Å². The van der Waals surface area contributed by atoms with Crippen LogP contribution in [0.2, 0.25) is 0 Å². The minimum absolute atomic E-state index is 0.456. The fraction of sp³-hybridized carbons (Fsp3) is 0.235. The summed E-state index contributed by atoms with van der Waals surface area (Å²) in [6, 6.07) is 14.3. The molecule has 0 spiro atoms. The second-order valence-corrected chi connectivity index (χ2v) is 6.86. The van der Waals surface area contributed by atoms with E-state index < -0.39 is 6.10 Å². The van der Waals surface area contributed by atoms with E-state index in [1.807, 2.05) is 41.2 Å². The van der Waals surface area contributed by atoms with Gasteiger partial charge in [0.15, 0.2) is 0 Å². The van der Waals surface area contributed by atoms with Crippen LogP contribution in [0.25, 0.3) is 0 Å². The molecule has 0 saturated carbocycles. The fourth-order valence-electron chi connectivity index (χ4n) is 2.39. The molecular formula is C17H18N2OS2. The van der Waals surface area contributed by atoms with Crippen molar-refractivity contribution in [2.45, 2.75) is 19.2 Å². The van der Waals surface area contributed by atoms with Crippen molar-refractivity contribution in [1.29, 1.82) is 0 Å². The van der Waals surface area contributed by atoms with E-state index in [1.54, 1.807) is 22.7 Å². The van der Waals surface area contributed by atoms with Crippen LogP contribution in [0.5, 0.6) is 0 Å². The zero-order valence-electron chi connectivity index (χ0n) is 12.1. The molecule has 1 N–H and O–H groups in total. The van der Waals surface area contributed by atoms with Crippen molar-refractivity contribution in [3.05, 3.63) is 74.9 Å². The third-order valence-corrected chi connectivity index (χ3v) is 5.03. The zero-order chi connectivity index (χ0) is 15.2. The van der Waals surface area contributed by atoms with Crippen LogP contribution in [-0.2, 0) is 13.1 Å². The summed E-state index contributed by atoms with van der Waals surface area (Å²) >= 11 is 3.20. The number of aliphatic hydroxyl groups is 1. The highest BCUT2D eigenvalue weighted by Gasteiger charge is 2.16. The fourth-order valence-corrected chi connectivity index (χ4v) is 3.64. The molecule has 0 aliphatic heterocycles. The van der Waals surface area contributed by atoms with Crippen molar-refractivity contribution in [3.8, 4) is 0 Å². The van der Waals surface area contributed by atoms with Crippen LogP contribution in [0.1, 0.15) is 22.2 Å². The summed E-state index contributed by atoms with van der Waals surface area (Å²) < 4.78 is 0. The van der Waals surface area contributed by atoms with Crippen molar-refractivity contribution < 1.29 is 5.11 Å². The topological polar surface area (TPSA) is 36.4 Å². The summed E-state index contributed by atoms with van der Waals surface area (Å²) in [6.07, 6.45) is -0.456. The number of hydrogen-bond donors (Lipinski definition) is 1. The van der Waals surface area contributed by atoms with E-state index in [0.29, 0.717) is 6.54 Å². The van der Waals surface area contributed by atoms with Gasteiger partial charge in [-0.3, -0.25) is 4.90 Å². The van der Waals surface area contributed by atoms with Gasteiger partial charge in [-0.05, 0) is 17.0 Å². The Morgan fingerprint density at radius 3 is 2.64 bits per heavy atom. The molecule has 1 aromatic carbocycles. The number of aromatic nitrogens is 1. The Kier molecular flexibility index (Phi) is 5.34. The SMILES string of the molecule is OC(CN(Cc1ccccc1)Cc1cscn1)c1cccs1. The van der Waals surface area contributed by atoms with E-state index in [0.717, 1.165) is 23.7 Å². The van der Waals surface area contributed by atoms with Gasteiger partial charge in [-0.25, -0.2) is 4.98 Å². The number of aliphatic hydroxyl groups excluding tert-OH is 1. The molecule has 114 valence electrons. The quantitative estimate of drug-likeness (QED) is 0.713. The van der Waals surface area contributed by atoms with Gasteiger partial charge in [0, 0.05) is 29.9 Å². The van der Waals surface area contributed by atoms with Crippen LogP contribution in [0.4, 0.5) is 0 Å². The number of thiophene rings is 1. The van der Waals surface area contributed by atoms with Crippen LogP contribution in [-0.4, -0.2) is 21.5 Å². The Morgan fingerprint density at radius 2 is 1.95 bits per heavy atom. The molecule has 3 nitrogen and oxygen atoms in total. The number of hydrogen-bond acceptors (Lipinski definition) is 5. The predicted octanol–water partition coefficient (Wildman–Crippen LogP) is 3.94. The average Bonchev–Trinajstić information content (AvgIpc) is 3.21. The minimum atomic E-state index is -0.456. The van der Waals surface area contributed by atoms with E-state index in [9.17, 15) is 5.11 Å². The molecule has 2 aromatic heterocycles. The van der Waals surface area contributed by atoms with Gasteiger partial charge in [0.2, 0.25) is 0 Å². The molecule has 0 radical (unpaired) electrons. The smallest absolute Gasteiger partial charge is 0.101 e. The highest BCUT2D eigenvalue weighted by atomic mass is 32.1. The van der Waals surface area contributed by atoms with Crippen molar-refractivity contribution in [3.63, 3.8) is 0 Å². The maximum atomic E-state index is 10.4. The normalized spacial score (nSPS) is 12.6. The van der Waals surface area contributed by atoms with Gasteiger partial charge < -0.3 is 5.11 Å². The molecule has 0 aliphatic rings. The Hall–Kier alpha value is -1.53. The van der Waals surface area contributed by atoms with Crippen LogP contribution >= 0.6 is 22.7 Å². The highest BCUT2D eigenvalue weighted by molar-refractivity contribution is 7.10. The lowest BCUT2D eigenvalue weighted by atomic mass is 10.2. The summed E-state index contributed by atoms with van der Waals surface area (Å²) in [5, 5.41) is 14.5. The molecule has 1 atom stereocenters. The minimum Gasteiger partial charge on any atom is -0.386 e. The van der Waals surface area contributed by atoms with Gasteiger partial charge in [0.1, 0.15) is 6.10 Å². The zero-order valence-corrected chi connectivity index (χ0v) is 13.8. The Morgan fingerprint density at radius 1 is 1.09 bits per heavy atom. The summed E-state index contributed by atoms with van der Waals surface area (Å²) in [6.45, 7) is 2.16. The van der Waals surface area contributed by atoms with Gasteiger partial charge in [0.25, 0.3) is 0 Å². The first-order valence-electron chi connectivity index (χ1n) is 7.16. The molecule has 2 heterocycles. The third-order valence-electron chi connectivity index (χ3n) is 3.42. The van der Waals surface area contributed by atoms with E-state index in [2.05, 4.69) is 27.4 Å². The standard InChI is InChI=1S/C17H18N2OS2/c20-16(17-7-4-8-22-17)11-19(10-15-12-21-13-18-15)9-14-5-2-1-3-6-14/h1-8,12-13,16,20H,9-11H2. The third kappa shape index (κ3) is 4.24. The summed E-state index contributed by atoms with van der Waals surface area (Å²) in [7, 11) is 0. The second kappa shape index (κ2) is 7.65. The maximum Gasteiger partial charge on any atom is 0.101 e. The predicted molar refractivity (Wildman–Crippen MR) is 91.9 cm³/mol. The Balaban J connectivity index is 1.70. The lowest BCUT2D eigenvalue weighted by Crippen LogP contribution is -2.28. The highest BCUT2D eigenvalue weighted by Crippen LogP contribution is 2.21. The van der Waals surface area contributed by atoms with E-state index in [1.165, 1.54) is 5.56 Å². The molecule has 1 unspecified atom stereocenters. The van der Waals surface area contributed by atoms with E-state index in [-0.39, 0.29) is 0 Å². The molecule has 0 bridgehead atoms. The molecule has 5 heteroatoms. The van der Waals surface area contributed by atoms with Crippen LogP contribution in [0.3, 0.4) is 0 Å². The van der Waals surface area contributed by atoms with Crippen molar-refractivity contribution in [2.75, 3.05) is 6.54 Å². The Bertz CT molecular complexity index is 653. The first-order chi connectivity index (χ1) is 10.8. The molecule has 0 saturated heterocycles. The summed E-state index contributed by atoms with van der Waals surface area (Å²) in [4.78, 5) is 7.62. The van der Waals surface area contributed by atoms with Gasteiger partial charge >= 0.3 is 0 Å². The van der Waals surface area contributed by atoms with Gasteiger partial charge in [-0.15, -0.1) is 22.7 Å². The first kappa shape index (κ1) is 15.4. The van der Waals surface area contributed by atoms with E-state index in [4.69, 9.17) is 0 Å². The number of nitrogens with zero attached hydrogens (tertiary/aromatic N) is 2. The van der Waals surface area contributed by atoms with Gasteiger partial charge in [-0.2, -0.15) is 0 Å². The van der Waals surface area contributed by atoms with Crippen LogP contribution < -0.4 is 0 Å². The molecule has 0 amide bonds.